The van der Waals surface area contributed by atoms with E-state index in [1.807, 2.05) is 16.8 Å². The smallest absolute Gasteiger partial charge is 0.244 e. The third-order valence-corrected chi connectivity index (χ3v) is 3.35. The molecule has 0 spiro atoms. The third kappa shape index (κ3) is 3.66. The number of thiophene rings is 1. The molecule has 1 aliphatic heterocycles. The van der Waals surface area contributed by atoms with E-state index in [0.717, 1.165) is 5.56 Å². The molecule has 0 aliphatic carbocycles. The van der Waals surface area contributed by atoms with Crippen LogP contribution in [0.5, 0.6) is 0 Å². The standard InChI is InChI=1S/C12H15NO3S/c14-11(2-1-10-3-6-17-7-10)13-8-12(15)4-5-16-9-12/h1-3,6-7,15H,4-5,8-9H2,(H,13,14). The summed E-state index contributed by atoms with van der Waals surface area (Å²) in [7, 11) is 0. The maximum atomic E-state index is 11.5. The van der Waals surface area contributed by atoms with Crippen LogP contribution in [0.25, 0.3) is 6.08 Å². The number of ether oxygens (including phenoxy) is 1. The minimum absolute atomic E-state index is 0.198. The maximum absolute atomic E-state index is 11.5. The van der Waals surface area contributed by atoms with E-state index in [2.05, 4.69) is 5.32 Å². The molecule has 1 amide bonds. The topological polar surface area (TPSA) is 58.6 Å². The molecule has 1 fully saturated rings. The third-order valence-electron chi connectivity index (χ3n) is 2.64. The number of carbonyl (C=O) groups is 1. The van der Waals surface area contributed by atoms with Crippen molar-refractivity contribution in [2.75, 3.05) is 19.8 Å². The highest BCUT2D eigenvalue weighted by molar-refractivity contribution is 7.08. The summed E-state index contributed by atoms with van der Waals surface area (Å²) < 4.78 is 5.09. The monoisotopic (exact) mass is 253 g/mol. The van der Waals surface area contributed by atoms with Gasteiger partial charge in [-0.3, -0.25) is 4.79 Å². The van der Waals surface area contributed by atoms with E-state index >= 15 is 0 Å². The van der Waals surface area contributed by atoms with Gasteiger partial charge in [0.05, 0.1) is 6.61 Å². The van der Waals surface area contributed by atoms with Crippen molar-refractivity contribution in [1.29, 1.82) is 0 Å². The van der Waals surface area contributed by atoms with Gasteiger partial charge in [0, 0.05) is 25.6 Å². The second kappa shape index (κ2) is 5.44. The van der Waals surface area contributed by atoms with Gasteiger partial charge in [-0.2, -0.15) is 11.3 Å². The van der Waals surface area contributed by atoms with Crippen molar-refractivity contribution in [3.8, 4) is 0 Å². The fourth-order valence-corrected chi connectivity index (χ4v) is 2.22. The van der Waals surface area contributed by atoms with Crippen LogP contribution in [-0.4, -0.2) is 36.4 Å². The van der Waals surface area contributed by atoms with Gasteiger partial charge in [0.25, 0.3) is 0 Å². The Balaban J connectivity index is 1.78. The molecule has 2 rings (SSSR count). The normalized spacial score (nSPS) is 24.3. The molecule has 1 unspecified atom stereocenters. The Morgan fingerprint density at radius 2 is 2.59 bits per heavy atom. The Kier molecular flexibility index (Phi) is 3.93. The number of carbonyl (C=O) groups excluding carboxylic acids is 1. The molecule has 0 bridgehead atoms. The van der Waals surface area contributed by atoms with Gasteiger partial charge in [-0.25, -0.2) is 0 Å². The molecular weight excluding hydrogens is 238 g/mol. The largest absolute Gasteiger partial charge is 0.386 e. The Labute approximate surface area is 104 Å². The highest BCUT2D eigenvalue weighted by atomic mass is 32.1. The Morgan fingerprint density at radius 3 is 3.24 bits per heavy atom. The highest BCUT2D eigenvalue weighted by Crippen LogP contribution is 2.16. The molecule has 2 heterocycles. The Morgan fingerprint density at radius 1 is 1.71 bits per heavy atom. The van der Waals surface area contributed by atoms with Gasteiger partial charge in [0.1, 0.15) is 5.60 Å². The van der Waals surface area contributed by atoms with Crippen LogP contribution in [0.2, 0.25) is 0 Å². The Hall–Kier alpha value is -1.17. The number of hydrogen-bond acceptors (Lipinski definition) is 4. The van der Waals surface area contributed by atoms with Gasteiger partial charge < -0.3 is 15.2 Å². The SMILES string of the molecule is O=C(C=Cc1ccsc1)NCC1(O)CCOC1. The van der Waals surface area contributed by atoms with Crippen molar-refractivity contribution in [2.24, 2.45) is 0 Å². The van der Waals surface area contributed by atoms with Crippen molar-refractivity contribution in [2.45, 2.75) is 12.0 Å². The van der Waals surface area contributed by atoms with Crippen molar-refractivity contribution >= 4 is 23.3 Å². The molecule has 1 aromatic heterocycles. The van der Waals surface area contributed by atoms with Crippen LogP contribution >= 0.6 is 11.3 Å². The molecule has 4 nitrogen and oxygen atoms in total. The summed E-state index contributed by atoms with van der Waals surface area (Å²) >= 11 is 1.58. The molecule has 1 saturated heterocycles. The van der Waals surface area contributed by atoms with Gasteiger partial charge in [-0.05, 0) is 28.5 Å². The molecule has 92 valence electrons. The molecule has 0 aromatic carbocycles. The van der Waals surface area contributed by atoms with Crippen LogP contribution in [0.15, 0.2) is 22.9 Å². The van der Waals surface area contributed by atoms with E-state index < -0.39 is 5.60 Å². The first-order chi connectivity index (χ1) is 8.18. The van der Waals surface area contributed by atoms with E-state index in [1.54, 1.807) is 17.4 Å². The fourth-order valence-electron chi connectivity index (χ4n) is 1.59. The lowest BCUT2D eigenvalue weighted by atomic mass is 10.0. The van der Waals surface area contributed by atoms with Crippen LogP contribution in [0, 0.1) is 0 Å². The lowest BCUT2D eigenvalue weighted by molar-refractivity contribution is -0.117. The van der Waals surface area contributed by atoms with Gasteiger partial charge in [0.15, 0.2) is 0 Å². The van der Waals surface area contributed by atoms with Gasteiger partial charge in [-0.1, -0.05) is 0 Å². The molecule has 1 aliphatic rings. The van der Waals surface area contributed by atoms with Crippen molar-refractivity contribution < 1.29 is 14.6 Å². The second-order valence-corrected chi connectivity index (χ2v) is 4.91. The number of rotatable bonds is 4. The minimum Gasteiger partial charge on any atom is -0.386 e. The molecule has 0 radical (unpaired) electrons. The zero-order valence-corrected chi connectivity index (χ0v) is 10.2. The zero-order valence-electron chi connectivity index (χ0n) is 9.39. The van der Waals surface area contributed by atoms with Crippen molar-refractivity contribution in [3.63, 3.8) is 0 Å². The van der Waals surface area contributed by atoms with Crippen LogP contribution in [0.1, 0.15) is 12.0 Å². The summed E-state index contributed by atoms with van der Waals surface area (Å²) in [5, 5.41) is 16.5. The van der Waals surface area contributed by atoms with Gasteiger partial charge >= 0.3 is 0 Å². The molecular formula is C12H15NO3S. The molecule has 2 N–H and O–H groups in total. The van der Waals surface area contributed by atoms with Crippen LogP contribution in [-0.2, 0) is 9.53 Å². The van der Waals surface area contributed by atoms with Crippen molar-refractivity contribution in [3.05, 3.63) is 28.5 Å². The summed E-state index contributed by atoms with van der Waals surface area (Å²) in [4.78, 5) is 11.5. The lowest BCUT2D eigenvalue weighted by Gasteiger charge is -2.19. The van der Waals surface area contributed by atoms with Gasteiger partial charge in [0.2, 0.25) is 5.91 Å². The van der Waals surface area contributed by atoms with Crippen LogP contribution in [0.3, 0.4) is 0 Å². The van der Waals surface area contributed by atoms with Crippen LogP contribution < -0.4 is 5.32 Å². The summed E-state index contributed by atoms with van der Waals surface area (Å²) in [6, 6.07) is 1.94. The predicted molar refractivity (Wildman–Crippen MR) is 66.7 cm³/mol. The van der Waals surface area contributed by atoms with E-state index in [1.165, 1.54) is 6.08 Å². The van der Waals surface area contributed by atoms with Crippen LogP contribution in [0.4, 0.5) is 0 Å². The summed E-state index contributed by atoms with van der Waals surface area (Å²) in [6.45, 7) is 1.08. The highest BCUT2D eigenvalue weighted by Gasteiger charge is 2.32. The molecule has 0 saturated carbocycles. The van der Waals surface area contributed by atoms with E-state index in [-0.39, 0.29) is 12.5 Å². The first-order valence-corrected chi connectivity index (χ1v) is 6.40. The van der Waals surface area contributed by atoms with Crippen molar-refractivity contribution in [1.82, 2.24) is 5.32 Å². The first kappa shape index (κ1) is 12.3. The van der Waals surface area contributed by atoms with E-state index in [4.69, 9.17) is 4.74 Å². The Bertz CT molecular complexity index is 394. The number of nitrogens with one attached hydrogen (secondary N) is 1. The minimum atomic E-state index is -0.897. The average molecular weight is 253 g/mol. The quantitative estimate of drug-likeness (QED) is 0.788. The van der Waals surface area contributed by atoms with E-state index in [9.17, 15) is 9.90 Å². The van der Waals surface area contributed by atoms with E-state index in [0.29, 0.717) is 19.6 Å². The molecule has 5 heteroatoms. The summed E-state index contributed by atoms with van der Waals surface area (Å²) in [6.07, 6.45) is 3.80. The number of aliphatic hydroxyl groups is 1. The zero-order chi connectivity index (χ0) is 12.1. The molecule has 17 heavy (non-hydrogen) atoms. The summed E-state index contributed by atoms with van der Waals surface area (Å²) in [5.74, 6) is -0.198. The number of hydrogen-bond donors (Lipinski definition) is 2. The van der Waals surface area contributed by atoms with Gasteiger partial charge in [-0.15, -0.1) is 0 Å². The predicted octanol–water partition coefficient (Wildman–Crippen LogP) is 1.03. The summed E-state index contributed by atoms with van der Waals surface area (Å²) in [5.41, 5.74) is 0.111. The number of amides is 1. The molecule has 1 atom stereocenters. The maximum Gasteiger partial charge on any atom is 0.244 e. The lowest BCUT2D eigenvalue weighted by Crippen LogP contribution is -2.42. The molecule has 1 aromatic rings. The fraction of sp³-hybridized carbons (Fsp3) is 0.417. The first-order valence-electron chi connectivity index (χ1n) is 5.46. The average Bonchev–Trinajstić information content (AvgIpc) is 2.95. The second-order valence-electron chi connectivity index (χ2n) is 4.13.